The van der Waals surface area contributed by atoms with E-state index in [9.17, 15) is 28.0 Å². The number of hydrogen-bond donors (Lipinski definition) is 0. The summed E-state index contributed by atoms with van der Waals surface area (Å²) in [6.07, 6.45) is -2.85. The van der Waals surface area contributed by atoms with Crippen LogP contribution in [-0.2, 0) is 28.2 Å². The predicted molar refractivity (Wildman–Crippen MR) is 153 cm³/mol. The summed E-state index contributed by atoms with van der Waals surface area (Å²) in [5.41, 5.74) is -0.906. The van der Waals surface area contributed by atoms with Crippen molar-refractivity contribution in [3.05, 3.63) is 64.7 Å². The molecule has 4 rings (SSSR count). The van der Waals surface area contributed by atoms with E-state index in [4.69, 9.17) is 0 Å². The zero-order valence-electron chi connectivity index (χ0n) is 25.5. The highest BCUT2D eigenvalue weighted by atomic mass is 19.3. The Labute approximate surface area is 231 Å². The minimum Gasteiger partial charge on any atom is -0.280 e. The van der Waals surface area contributed by atoms with Crippen LogP contribution in [0.4, 0.5) is 8.78 Å². The van der Waals surface area contributed by atoms with E-state index in [1.807, 2.05) is 41.5 Å². The molecule has 12 nitrogen and oxygen atoms in total. The molecule has 14 heteroatoms. The SMILES string of the molecule is CC.CC.CC.Cc1nc(C(F)F)nc2c1c(=O)n(C)c(=O)n2C.Cc1nc(C)c2c(=O)n(C)c(=O)n(C)c2n1. The molecule has 0 spiro atoms. The van der Waals surface area contributed by atoms with Crippen molar-refractivity contribution in [3.8, 4) is 0 Å². The Morgan fingerprint density at radius 2 is 0.900 bits per heavy atom. The van der Waals surface area contributed by atoms with Gasteiger partial charge in [0.05, 0.1) is 11.4 Å². The van der Waals surface area contributed by atoms with E-state index in [1.165, 1.54) is 32.6 Å². The lowest BCUT2D eigenvalue weighted by Crippen LogP contribution is -2.38. The molecular weight excluding hydrogens is 526 g/mol. The normalized spacial score (nSPS) is 10.0. The average Bonchev–Trinajstić information content (AvgIpc) is 2.95. The number of nitrogens with zero attached hydrogens (tertiary/aromatic N) is 8. The molecule has 4 heterocycles. The summed E-state index contributed by atoms with van der Waals surface area (Å²) in [7, 11) is 5.72. The summed E-state index contributed by atoms with van der Waals surface area (Å²) in [6.45, 7) is 16.9. The van der Waals surface area contributed by atoms with Crippen LogP contribution < -0.4 is 22.5 Å². The standard InChI is InChI=1S/C10H10F2N4O2.C10H12N4O2.3C2H6/c1-4-5-8(14-7(13-4)6(11)12)15(2)10(18)16(3)9(5)17;1-5-7-8(12-6(2)11-5)13(3)10(16)14(4)9(7)15;3*1-2/h6H,1-3H3;1-4H3;3*1-2H3. The summed E-state index contributed by atoms with van der Waals surface area (Å²) in [5.74, 6) is -0.142. The number of hydrogen-bond acceptors (Lipinski definition) is 8. The molecule has 0 saturated carbocycles. The molecule has 0 aliphatic heterocycles. The smallest absolute Gasteiger partial charge is 0.280 e. The Morgan fingerprint density at radius 3 is 1.27 bits per heavy atom. The maximum Gasteiger partial charge on any atom is 0.332 e. The fourth-order valence-electron chi connectivity index (χ4n) is 3.50. The van der Waals surface area contributed by atoms with Crippen LogP contribution in [0.15, 0.2) is 19.2 Å². The van der Waals surface area contributed by atoms with Crippen LogP contribution in [0.1, 0.15) is 71.0 Å². The van der Waals surface area contributed by atoms with E-state index < -0.39 is 23.5 Å². The number of aryl methyl sites for hydroxylation is 5. The molecule has 0 bridgehead atoms. The molecule has 0 radical (unpaired) electrons. The van der Waals surface area contributed by atoms with Crippen molar-refractivity contribution in [2.75, 3.05) is 0 Å². The number of alkyl halides is 2. The molecule has 0 aromatic carbocycles. The van der Waals surface area contributed by atoms with Gasteiger partial charge in [0, 0.05) is 28.2 Å². The van der Waals surface area contributed by atoms with E-state index in [2.05, 4.69) is 19.9 Å². The van der Waals surface area contributed by atoms with E-state index >= 15 is 0 Å². The lowest BCUT2D eigenvalue weighted by Gasteiger charge is -2.09. The second-order valence-electron chi connectivity index (χ2n) is 7.63. The molecule has 0 aliphatic rings. The number of rotatable bonds is 1. The van der Waals surface area contributed by atoms with Crippen molar-refractivity contribution in [2.24, 2.45) is 28.2 Å². The second kappa shape index (κ2) is 15.5. The minimum atomic E-state index is -2.85. The van der Waals surface area contributed by atoms with Gasteiger partial charge in [-0.05, 0) is 20.8 Å². The number of aromatic nitrogens is 8. The van der Waals surface area contributed by atoms with E-state index in [-0.39, 0.29) is 28.0 Å². The first-order valence-electron chi connectivity index (χ1n) is 12.9. The summed E-state index contributed by atoms with van der Waals surface area (Å²) in [5, 5.41) is 0.471. The van der Waals surface area contributed by atoms with Gasteiger partial charge in [0.25, 0.3) is 17.5 Å². The Bertz CT molecular complexity index is 1700. The topological polar surface area (TPSA) is 140 Å². The molecule has 0 N–H and O–H groups in total. The quantitative estimate of drug-likeness (QED) is 0.343. The largest absolute Gasteiger partial charge is 0.332 e. The molecular formula is C26H40F2N8O4. The van der Waals surface area contributed by atoms with E-state index in [0.717, 1.165) is 13.7 Å². The maximum atomic E-state index is 12.6. The summed E-state index contributed by atoms with van der Waals surface area (Å²) < 4.78 is 29.5. The highest BCUT2D eigenvalue weighted by Crippen LogP contribution is 2.17. The van der Waals surface area contributed by atoms with Crippen LogP contribution >= 0.6 is 0 Å². The molecule has 4 aromatic heterocycles. The Balaban J connectivity index is 0.000000644. The number of fused-ring (bicyclic) bond motifs is 2. The Kier molecular flexibility index (Phi) is 13.9. The minimum absolute atomic E-state index is 0.0731. The van der Waals surface area contributed by atoms with Crippen LogP contribution in [0, 0.1) is 20.8 Å². The van der Waals surface area contributed by atoms with Crippen LogP contribution in [0.25, 0.3) is 22.1 Å². The molecule has 40 heavy (non-hydrogen) atoms. The van der Waals surface area contributed by atoms with Gasteiger partial charge in [-0.15, -0.1) is 0 Å². The van der Waals surface area contributed by atoms with Crippen LogP contribution in [0.3, 0.4) is 0 Å². The highest BCUT2D eigenvalue weighted by molar-refractivity contribution is 5.77. The third-order valence-electron chi connectivity index (χ3n) is 5.29. The monoisotopic (exact) mass is 566 g/mol. The average molecular weight is 567 g/mol. The highest BCUT2D eigenvalue weighted by Gasteiger charge is 2.18. The molecule has 0 saturated heterocycles. The zero-order chi connectivity index (χ0) is 31.6. The van der Waals surface area contributed by atoms with Gasteiger partial charge < -0.3 is 0 Å². The Hall–Kier alpha value is -4.10. The van der Waals surface area contributed by atoms with Gasteiger partial charge in [-0.1, -0.05) is 41.5 Å². The van der Waals surface area contributed by atoms with Crippen molar-refractivity contribution >= 4 is 22.1 Å². The first-order valence-corrected chi connectivity index (χ1v) is 12.9. The van der Waals surface area contributed by atoms with Crippen molar-refractivity contribution in [2.45, 2.75) is 68.7 Å². The van der Waals surface area contributed by atoms with Gasteiger partial charge in [0.2, 0.25) is 0 Å². The van der Waals surface area contributed by atoms with E-state index in [1.54, 1.807) is 20.9 Å². The van der Waals surface area contributed by atoms with Gasteiger partial charge in [0.1, 0.15) is 16.6 Å². The first kappa shape index (κ1) is 35.9. The third kappa shape index (κ3) is 7.10. The molecule has 0 amide bonds. The lowest BCUT2D eigenvalue weighted by atomic mass is 10.3. The zero-order valence-corrected chi connectivity index (χ0v) is 25.5. The van der Waals surface area contributed by atoms with Gasteiger partial charge in [0.15, 0.2) is 17.1 Å². The van der Waals surface area contributed by atoms with Crippen LogP contribution in [0.5, 0.6) is 0 Å². The summed E-state index contributed by atoms with van der Waals surface area (Å²) >= 11 is 0. The molecule has 0 unspecified atom stereocenters. The van der Waals surface area contributed by atoms with Gasteiger partial charge in [-0.3, -0.25) is 27.9 Å². The Morgan fingerprint density at radius 1 is 0.550 bits per heavy atom. The van der Waals surface area contributed by atoms with Gasteiger partial charge >= 0.3 is 11.4 Å². The van der Waals surface area contributed by atoms with E-state index in [0.29, 0.717) is 22.6 Å². The molecule has 4 aromatic rings. The molecule has 0 fully saturated rings. The second-order valence-corrected chi connectivity index (χ2v) is 7.63. The fourth-order valence-corrected chi connectivity index (χ4v) is 3.50. The molecule has 222 valence electrons. The lowest BCUT2D eigenvalue weighted by molar-refractivity contribution is 0.140. The van der Waals surface area contributed by atoms with Crippen molar-refractivity contribution in [1.29, 1.82) is 0 Å². The summed E-state index contributed by atoms with van der Waals surface area (Å²) in [4.78, 5) is 62.6. The predicted octanol–water partition coefficient (Wildman–Crippen LogP) is 3.00. The van der Waals surface area contributed by atoms with Crippen molar-refractivity contribution in [3.63, 3.8) is 0 Å². The summed E-state index contributed by atoms with van der Waals surface area (Å²) in [6, 6.07) is 0. The van der Waals surface area contributed by atoms with Crippen molar-refractivity contribution < 1.29 is 8.78 Å². The first-order chi connectivity index (χ1) is 18.8. The maximum absolute atomic E-state index is 12.6. The van der Waals surface area contributed by atoms with Gasteiger partial charge in [-0.25, -0.2) is 38.3 Å². The van der Waals surface area contributed by atoms with Crippen LogP contribution in [0.2, 0.25) is 0 Å². The van der Waals surface area contributed by atoms with Crippen molar-refractivity contribution in [1.82, 2.24) is 38.2 Å². The van der Waals surface area contributed by atoms with Crippen LogP contribution in [-0.4, -0.2) is 38.2 Å². The number of halogens is 2. The third-order valence-corrected chi connectivity index (χ3v) is 5.29. The molecule has 0 atom stereocenters. The molecule has 0 aliphatic carbocycles. The van der Waals surface area contributed by atoms with Gasteiger partial charge in [-0.2, -0.15) is 0 Å². The fraction of sp³-hybridized carbons (Fsp3) is 0.538.